The SMILES string of the molecule is CN(Cc1cc(C(C)(C)C)n[nH]1)Cc1cc(=O)c2cc(C(N)=O)ccc2[nH]1. The molecular formula is C20H25N5O2. The molecule has 0 bridgehead atoms. The van der Waals surface area contributed by atoms with Crippen LogP contribution >= 0.6 is 0 Å². The summed E-state index contributed by atoms with van der Waals surface area (Å²) in [6.07, 6.45) is 0. The lowest BCUT2D eigenvalue weighted by molar-refractivity contribution is 0.100. The molecule has 2 aromatic heterocycles. The van der Waals surface area contributed by atoms with Crippen LogP contribution in [0.3, 0.4) is 0 Å². The van der Waals surface area contributed by atoms with E-state index in [9.17, 15) is 9.59 Å². The van der Waals surface area contributed by atoms with Crippen molar-refractivity contribution in [1.29, 1.82) is 0 Å². The first-order valence-electron chi connectivity index (χ1n) is 8.82. The zero-order valence-corrected chi connectivity index (χ0v) is 16.1. The molecule has 0 saturated heterocycles. The Hall–Kier alpha value is -2.93. The number of hydrogen-bond acceptors (Lipinski definition) is 4. The molecule has 0 unspecified atom stereocenters. The number of nitrogens with two attached hydrogens (primary N) is 1. The summed E-state index contributed by atoms with van der Waals surface area (Å²) in [6, 6.07) is 8.50. The number of nitrogens with one attached hydrogen (secondary N) is 2. The van der Waals surface area contributed by atoms with E-state index in [4.69, 9.17) is 5.73 Å². The van der Waals surface area contributed by atoms with Crippen LogP contribution < -0.4 is 11.2 Å². The van der Waals surface area contributed by atoms with Crippen LogP contribution in [-0.4, -0.2) is 33.0 Å². The van der Waals surface area contributed by atoms with Gasteiger partial charge in [-0.25, -0.2) is 0 Å². The predicted octanol–water partition coefficient (Wildman–Crippen LogP) is 2.28. The second-order valence-electron chi connectivity index (χ2n) is 7.98. The molecule has 4 N–H and O–H groups in total. The third-order valence-electron chi connectivity index (χ3n) is 4.45. The fourth-order valence-corrected chi connectivity index (χ4v) is 3.00. The number of aromatic amines is 2. The number of benzene rings is 1. The smallest absolute Gasteiger partial charge is 0.248 e. The van der Waals surface area contributed by atoms with Gasteiger partial charge in [0.15, 0.2) is 5.43 Å². The number of rotatable bonds is 5. The van der Waals surface area contributed by atoms with E-state index in [1.165, 1.54) is 6.07 Å². The van der Waals surface area contributed by atoms with Crippen molar-refractivity contribution in [3.05, 3.63) is 63.2 Å². The minimum Gasteiger partial charge on any atom is -0.366 e. The summed E-state index contributed by atoms with van der Waals surface area (Å²) in [5, 5.41) is 7.92. The van der Waals surface area contributed by atoms with Crippen LogP contribution in [0.2, 0.25) is 0 Å². The Labute approximate surface area is 157 Å². The maximum atomic E-state index is 12.4. The molecule has 0 fully saturated rings. The van der Waals surface area contributed by atoms with Crippen molar-refractivity contribution < 1.29 is 4.79 Å². The maximum Gasteiger partial charge on any atom is 0.248 e. The Morgan fingerprint density at radius 2 is 1.85 bits per heavy atom. The van der Waals surface area contributed by atoms with Gasteiger partial charge in [-0.15, -0.1) is 0 Å². The number of fused-ring (bicyclic) bond motifs is 1. The van der Waals surface area contributed by atoms with Crippen molar-refractivity contribution in [2.75, 3.05) is 7.05 Å². The number of aromatic nitrogens is 3. The van der Waals surface area contributed by atoms with E-state index >= 15 is 0 Å². The predicted molar refractivity (Wildman–Crippen MR) is 106 cm³/mol. The molecule has 7 heteroatoms. The van der Waals surface area contributed by atoms with Crippen LogP contribution in [-0.2, 0) is 18.5 Å². The van der Waals surface area contributed by atoms with Gasteiger partial charge in [0.25, 0.3) is 0 Å². The molecule has 0 saturated carbocycles. The van der Waals surface area contributed by atoms with E-state index < -0.39 is 5.91 Å². The van der Waals surface area contributed by atoms with Crippen LogP contribution in [0.25, 0.3) is 10.9 Å². The third kappa shape index (κ3) is 4.25. The maximum absolute atomic E-state index is 12.4. The molecule has 2 heterocycles. The molecule has 3 aromatic rings. The summed E-state index contributed by atoms with van der Waals surface area (Å²) in [4.78, 5) is 29.1. The average Bonchev–Trinajstić information content (AvgIpc) is 3.03. The summed E-state index contributed by atoms with van der Waals surface area (Å²) in [5.74, 6) is -0.547. The number of H-pyrrole nitrogens is 2. The molecule has 0 aliphatic carbocycles. The molecule has 1 amide bonds. The highest BCUT2D eigenvalue weighted by Gasteiger charge is 2.17. The van der Waals surface area contributed by atoms with E-state index in [1.54, 1.807) is 18.2 Å². The van der Waals surface area contributed by atoms with Gasteiger partial charge < -0.3 is 10.7 Å². The molecular weight excluding hydrogens is 342 g/mol. The fourth-order valence-electron chi connectivity index (χ4n) is 3.00. The van der Waals surface area contributed by atoms with E-state index in [1.807, 2.05) is 7.05 Å². The Morgan fingerprint density at radius 3 is 2.48 bits per heavy atom. The Balaban J connectivity index is 1.78. The van der Waals surface area contributed by atoms with E-state index in [-0.39, 0.29) is 10.8 Å². The number of nitrogens with zero attached hydrogens (tertiary/aromatic N) is 2. The first-order chi connectivity index (χ1) is 12.6. The van der Waals surface area contributed by atoms with Crippen molar-refractivity contribution in [3.8, 4) is 0 Å². The Morgan fingerprint density at radius 1 is 1.15 bits per heavy atom. The van der Waals surface area contributed by atoms with Gasteiger partial charge in [0, 0.05) is 52.4 Å². The van der Waals surface area contributed by atoms with Crippen LogP contribution in [0, 0.1) is 0 Å². The zero-order valence-electron chi connectivity index (χ0n) is 16.1. The van der Waals surface area contributed by atoms with Gasteiger partial charge in [0.1, 0.15) is 0 Å². The van der Waals surface area contributed by atoms with Gasteiger partial charge in [-0.1, -0.05) is 20.8 Å². The lowest BCUT2D eigenvalue weighted by Gasteiger charge is -2.16. The number of pyridine rings is 1. The van der Waals surface area contributed by atoms with E-state index in [0.717, 1.165) is 17.1 Å². The highest BCUT2D eigenvalue weighted by Crippen LogP contribution is 2.21. The molecule has 0 aliphatic rings. The number of primary amides is 1. The first kappa shape index (κ1) is 18.8. The van der Waals surface area contributed by atoms with Crippen LogP contribution in [0.4, 0.5) is 0 Å². The molecule has 27 heavy (non-hydrogen) atoms. The lowest BCUT2D eigenvalue weighted by Crippen LogP contribution is -2.20. The Bertz CT molecular complexity index is 1040. The van der Waals surface area contributed by atoms with Crippen LogP contribution in [0.5, 0.6) is 0 Å². The largest absolute Gasteiger partial charge is 0.366 e. The number of carbonyl (C=O) groups is 1. The van der Waals surface area contributed by atoms with Crippen molar-refractivity contribution in [1.82, 2.24) is 20.1 Å². The van der Waals surface area contributed by atoms with Crippen LogP contribution in [0.15, 0.2) is 35.1 Å². The highest BCUT2D eigenvalue weighted by molar-refractivity contribution is 5.96. The second kappa shape index (κ2) is 7.00. The third-order valence-corrected chi connectivity index (χ3v) is 4.45. The molecule has 3 rings (SSSR count). The monoisotopic (exact) mass is 367 g/mol. The van der Waals surface area contributed by atoms with Crippen molar-refractivity contribution in [2.24, 2.45) is 5.73 Å². The number of amides is 1. The molecule has 0 atom stereocenters. The van der Waals surface area contributed by atoms with Crippen molar-refractivity contribution in [2.45, 2.75) is 39.3 Å². The lowest BCUT2D eigenvalue weighted by atomic mass is 9.92. The van der Waals surface area contributed by atoms with E-state index in [0.29, 0.717) is 29.6 Å². The van der Waals surface area contributed by atoms with Crippen molar-refractivity contribution >= 4 is 16.8 Å². The minimum absolute atomic E-state index is 0.000664. The molecule has 0 spiro atoms. The summed E-state index contributed by atoms with van der Waals surface area (Å²) in [6.45, 7) is 7.64. The van der Waals surface area contributed by atoms with Crippen molar-refractivity contribution in [3.63, 3.8) is 0 Å². The fraction of sp³-hybridized carbons (Fsp3) is 0.350. The van der Waals surface area contributed by atoms with Gasteiger partial charge in [0.2, 0.25) is 5.91 Å². The molecule has 0 aliphatic heterocycles. The van der Waals surface area contributed by atoms with Gasteiger partial charge in [-0.3, -0.25) is 19.6 Å². The topological polar surface area (TPSA) is 108 Å². The second-order valence-corrected chi connectivity index (χ2v) is 7.98. The summed E-state index contributed by atoms with van der Waals surface area (Å²) < 4.78 is 0. The Kier molecular flexibility index (Phi) is 4.89. The first-order valence-corrected chi connectivity index (χ1v) is 8.82. The number of hydrogen-bond donors (Lipinski definition) is 3. The summed E-state index contributed by atoms with van der Waals surface area (Å²) in [7, 11) is 1.98. The molecule has 0 radical (unpaired) electrons. The normalized spacial score (nSPS) is 12.0. The standard InChI is InChI=1S/C20H25N5O2/c1-20(2,3)18-9-14(23-24-18)11-25(4)10-13-8-17(26)15-7-12(19(21)27)5-6-16(15)22-13/h5-9H,10-11H2,1-4H3,(H2,21,27)(H,22,26)(H,23,24). The van der Waals surface area contributed by atoms with E-state index in [2.05, 4.69) is 46.9 Å². The highest BCUT2D eigenvalue weighted by atomic mass is 16.1. The van der Waals surface area contributed by atoms with Gasteiger partial charge in [0.05, 0.1) is 5.69 Å². The zero-order chi connectivity index (χ0) is 19.8. The average molecular weight is 367 g/mol. The number of carbonyl (C=O) groups excluding carboxylic acids is 1. The van der Waals surface area contributed by atoms with Gasteiger partial charge >= 0.3 is 0 Å². The summed E-state index contributed by atoms with van der Waals surface area (Å²) >= 11 is 0. The van der Waals surface area contributed by atoms with Gasteiger partial charge in [-0.05, 0) is 31.3 Å². The molecule has 1 aromatic carbocycles. The molecule has 142 valence electrons. The van der Waals surface area contributed by atoms with Crippen LogP contribution in [0.1, 0.15) is 48.2 Å². The molecule has 7 nitrogen and oxygen atoms in total. The minimum atomic E-state index is -0.547. The summed E-state index contributed by atoms with van der Waals surface area (Å²) in [5.41, 5.74) is 9.02. The van der Waals surface area contributed by atoms with Gasteiger partial charge in [-0.2, -0.15) is 5.10 Å². The quantitative estimate of drug-likeness (QED) is 0.643.